The molecule has 4 amide bonds. The molecule has 1 heterocycles. The highest BCUT2D eigenvalue weighted by atomic mass is 19.4. The minimum absolute atomic E-state index is 0.0630. The quantitative estimate of drug-likeness (QED) is 0.462. The van der Waals surface area contributed by atoms with Crippen LogP contribution in [0.2, 0.25) is 0 Å². The van der Waals surface area contributed by atoms with Crippen molar-refractivity contribution in [2.45, 2.75) is 45.0 Å². The van der Waals surface area contributed by atoms with E-state index in [1.54, 1.807) is 30.0 Å². The summed E-state index contributed by atoms with van der Waals surface area (Å²) in [5, 5.41) is 15.3. The van der Waals surface area contributed by atoms with E-state index in [4.69, 9.17) is 4.74 Å². The van der Waals surface area contributed by atoms with Crippen LogP contribution in [-0.4, -0.2) is 71.6 Å². The molecule has 0 aromatic heterocycles. The molecule has 0 spiro atoms. The van der Waals surface area contributed by atoms with Crippen molar-refractivity contribution in [2.24, 2.45) is 11.8 Å². The number of alkyl halides is 3. The fraction of sp³-hybridized carbons (Fsp3) is 0.464. The first-order chi connectivity index (χ1) is 18.9. The number of aliphatic hydroxyl groups is 1. The molecule has 3 N–H and O–H groups in total. The number of amides is 4. The number of aliphatic hydroxyl groups excluding tert-OH is 1. The van der Waals surface area contributed by atoms with E-state index in [0.29, 0.717) is 5.69 Å². The topological polar surface area (TPSA) is 111 Å². The smallest absolute Gasteiger partial charge is 0.416 e. The third-order valence-corrected chi connectivity index (χ3v) is 7.16. The SMILES string of the molecule is C[C@@H]1CN([C@@H](C)CO)C(=O)c2cccc(NC(=O)C3CC3)c2O[C@@H]1CN(C)C(=O)Nc1ccc(C(F)(F)F)cc1. The molecule has 0 unspecified atom stereocenters. The van der Waals surface area contributed by atoms with E-state index in [9.17, 15) is 32.7 Å². The van der Waals surface area contributed by atoms with Gasteiger partial charge in [-0.1, -0.05) is 13.0 Å². The second-order valence-electron chi connectivity index (χ2n) is 10.5. The van der Waals surface area contributed by atoms with Gasteiger partial charge in [0.05, 0.1) is 36.0 Å². The summed E-state index contributed by atoms with van der Waals surface area (Å²) in [5.74, 6) is -0.715. The van der Waals surface area contributed by atoms with Gasteiger partial charge in [-0.25, -0.2) is 4.79 Å². The molecule has 1 aliphatic carbocycles. The van der Waals surface area contributed by atoms with Crippen molar-refractivity contribution in [3.8, 4) is 5.75 Å². The number of rotatable bonds is 7. The lowest BCUT2D eigenvalue weighted by molar-refractivity contribution is -0.137. The summed E-state index contributed by atoms with van der Waals surface area (Å²) in [6.07, 6.45) is -3.54. The van der Waals surface area contributed by atoms with E-state index in [1.165, 1.54) is 24.1 Å². The van der Waals surface area contributed by atoms with Crippen LogP contribution < -0.4 is 15.4 Å². The number of ether oxygens (including phenoxy) is 1. The second kappa shape index (κ2) is 11.7. The van der Waals surface area contributed by atoms with Crippen molar-refractivity contribution < 1.29 is 37.4 Å². The van der Waals surface area contributed by atoms with E-state index < -0.39 is 29.9 Å². The van der Waals surface area contributed by atoms with Crippen molar-refractivity contribution in [1.29, 1.82) is 0 Å². The highest BCUT2D eigenvalue weighted by Gasteiger charge is 2.36. The molecular formula is C28H33F3N4O5. The van der Waals surface area contributed by atoms with Gasteiger partial charge in [0, 0.05) is 31.1 Å². The number of para-hydroxylation sites is 1. The number of nitrogens with zero attached hydrogens (tertiary/aromatic N) is 2. The van der Waals surface area contributed by atoms with Crippen molar-refractivity contribution in [3.63, 3.8) is 0 Å². The van der Waals surface area contributed by atoms with Gasteiger partial charge in [-0.15, -0.1) is 0 Å². The summed E-state index contributed by atoms with van der Waals surface area (Å²) >= 11 is 0. The maximum Gasteiger partial charge on any atom is 0.416 e. The number of hydrogen-bond donors (Lipinski definition) is 3. The molecule has 1 saturated carbocycles. The van der Waals surface area contributed by atoms with Gasteiger partial charge in [0.25, 0.3) is 5.91 Å². The molecule has 2 aromatic rings. The summed E-state index contributed by atoms with van der Waals surface area (Å²) in [6.45, 7) is 3.62. The Morgan fingerprint density at radius 2 is 1.82 bits per heavy atom. The molecule has 12 heteroatoms. The predicted molar refractivity (Wildman–Crippen MR) is 142 cm³/mol. The number of halogens is 3. The summed E-state index contributed by atoms with van der Waals surface area (Å²) in [4.78, 5) is 41.9. The van der Waals surface area contributed by atoms with Crippen molar-refractivity contribution in [2.75, 3.05) is 37.4 Å². The van der Waals surface area contributed by atoms with Gasteiger partial charge >= 0.3 is 12.2 Å². The summed E-state index contributed by atoms with van der Waals surface area (Å²) < 4.78 is 45.0. The summed E-state index contributed by atoms with van der Waals surface area (Å²) in [5.41, 5.74) is -0.0616. The zero-order chi connectivity index (χ0) is 29.2. The molecule has 40 heavy (non-hydrogen) atoms. The van der Waals surface area contributed by atoms with Gasteiger partial charge < -0.3 is 30.3 Å². The molecule has 1 fully saturated rings. The molecule has 0 radical (unpaired) electrons. The maximum atomic E-state index is 13.5. The Morgan fingerprint density at radius 1 is 1.15 bits per heavy atom. The van der Waals surface area contributed by atoms with Gasteiger partial charge in [-0.05, 0) is 56.2 Å². The van der Waals surface area contributed by atoms with Crippen LogP contribution in [0.3, 0.4) is 0 Å². The molecule has 1 aliphatic heterocycles. The van der Waals surface area contributed by atoms with Gasteiger partial charge in [0.2, 0.25) is 5.91 Å². The van der Waals surface area contributed by atoms with Crippen LogP contribution in [-0.2, 0) is 11.0 Å². The molecule has 0 saturated heterocycles. The Labute approximate surface area is 230 Å². The number of carbonyl (C=O) groups excluding carboxylic acids is 3. The van der Waals surface area contributed by atoms with Crippen LogP contribution in [0.15, 0.2) is 42.5 Å². The Bertz CT molecular complexity index is 1250. The highest BCUT2D eigenvalue weighted by molar-refractivity contribution is 6.02. The fourth-order valence-electron chi connectivity index (χ4n) is 4.45. The zero-order valence-electron chi connectivity index (χ0n) is 22.5. The molecule has 0 bridgehead atoms. The zero-order valence-corrected chi connectivity index (χ0v) is 22.5. The van der Waals surface area contributed by atoms with Gasteiger partial charge in [-0.2, -0.15) is 13.2 Å². The van der Waals surface area contributed by atoms with Crippen molar-refractivity contribution >= 4 is 29.2 Å². The number of fused-ring (bicyclic) bond motifs is 1. The standard InChI is InChI=1S/C28H33F3N4O5/c1-16-13-35(17(2)15-36)26(38)21-5-4-6-22(33-25(37)18-7-8-18)24(21)40-23(16)14-34(3)27(39)32-20-11-9-19(10-12-20)28(29,30)31/h4-6,9-12,16-18,23,36H,7-8,13-15H2,1-3H3,(H,32,39)(H,33,37)/t16-,17+,23-/m1/s1. The number of nitrogens with one attached hydrogen (secondary N) is 2. The van der Waals surface area contributed by atoms with Crippen LogP contribution >= 0.6 is 0 Å². The Balaban J connectivity index is 1.57. The van der Waals surface area contributed by atoms with E-state index in [2.05, 4.69) is 10.6 Å². The van der Waals surface area contributed by atoms with Crippen molar-refractivity contribution in [3.05, 3.63) is 53.6 Å². The lowest BCUT2D eigenvalue weighted by atomic mass is 9.99. The van der Waals surface area contributed by atoms with Gasteiger partial charge in [-0.3, -0.25) is 9.59 Å². The Morgan fingerprint density at radius 3 is 2.42 bits per heavy atom. The average Bonchev–Trinajstić information content (AvgIpc) is 3.76. The van der Waals surface area contributed by atoms with E-state index in [-0.39, 0.29) is 60.3 Å². The van der Waals surface area contributed by atoms with E-state index >= 15 is 0 Å². The van der Waals surface area contributed by atoms with E-state index in [1.807, 2.05) is 6.92 Å². The molecular weight excluding hydrogens is 529 g/mol. The summed E-state index contributed by atoms with van der Waals surface area (Å²) in [7, 11) is 1.52. The molecule has 9 nitrogen and oxygen atoms in total. The monoisotopic (exact) mass is 562 g/mol. The van der Waals surface area contributed by atoms with Crippen molar-refractivity contribution in [1.82, 2.24) is 9.80 Å². The molecule has 2 aliphatic rings. The minimum Gasteiger partial charge on any atom is -0.485 e. The fourth-order valence-corrected chi connectivity index (χ4v) is 4.45. The normalized spacial score (nSPS) is 20.0. The number of benzene rings is 2. The third-order valence-electron chi connectivity index (χ3n) is 7.16. The molecule has 3 atom stereocenters. The number of carbonyl (C=O) groups is 3. The third kappa shape index (κ3) is 6.67. The van der Waals surface area contributed by atoms with E-state index in [0.717, 1.165) is 25.0 Å². The van der Waals surface area contributed by atoms with Crippen LogP contribution in [0.4, 0.5) is 29.3 Å². The Kier molecular flexibility index (Phi) is 8.57. The molecule has 216 valence electrons. The van der Waals surface area contributed by atoms with Gasteiger partial charge in [0.1, 0.15) is 6.10 Å². The number of urea groups is 1. The lowest BCUT2D eigenvalue weighted by Crippen LogP contribution is -2.50. The predicted octanol–water partition coefficient (Wildman–Crippen LogP) is 4.44. The average molecular weight is 563 g/mol. The Hall–Kier alpha value is -3.80. The molecule has 2 aromatic carbocycles. The number of likely N-dealkylation sites (N-methyl/N-ethyl adjacent to an activating group) is 1. The first-order valence-electron chi connectivity index (χ1n) is 13.1. The second-order valence-corrected chi connectivity index (χ2v) is 10.5. The van der Waals surface area contributed by atoms with Gasteiger partial charge in [0.15, 0.2) is 5.75 Å². The summed E-state index contributed by atoms with van der Waals surface area (Å²) in [6, 6.07) is 7.95. The largest absolute Gasteiger partial charge is 0.485 e. The first-order valence-corrected chi connectivity index (χ1v) is 13.1. The molecule has 4 rings (SSSR count). The van der Waals surface area contributed by atoms with Crippen LogP contribution in [0.25, 0.3) is 0 Å². The van der Waals surface area contributed by atoms with Crippen LogP contribution in [0.5, 0.6) is 5.75 Å². The number of anilines is 2. The maximum absolute atomic E-state index is 13.5. The first kappa shape index (κ1) is 29.2. The van der Waals surface area contributed by atoms with Crippen LogP contribution in [0, 0.1) is 11.8 Å². The van der Waals surface area contributed by atoms with Crippen LogP contribution in [0.1, 0.15) is 42.6 Å². The lowest BCUT2D eigenvalue weighted by Gasteiger charge is -2.38. The minimum atomic E-state index is -4.49. The number of hydrogen-bond acceptors (Lipinski definition) is 5. The highest BCUT2D eigenvalue weighted by Crippen LogP contribution is 2.37.